The maximum absolute atomic E-state index is 9.52. The summed E-state index contributed by atoms with van der Waals surface area (Å²) in [6.45, 7) is 10.3. The summed E-state index contributed by atoms with van der Waals surface area (Å²) < 4.78 is 0. The van der Waals surface area contributed by atoms with Crippen LogP contribution < -0.4 is 4.90 Å². The number of benzene rings is 1. The van der Waals surface area contributed by atoms with Crippen molar-refractivity contribution in [2.24, 2.45) is 5.92 Å². The quantitative estimate of drug-likeness (QED) is 0.885. The molecule has 18 heavy (non-hydrogen) atoms. The Morgan fingerprint density at radius 2 is 2.00 bits per heavy atom. The summed E-state index contributed by atoms with van der Waals surface area (Å²) in [6.07, 6.45) is 1.08. The minimum Gasteiger partial charge on any atom is -0.396 e. The highest BCUT2D eigenvalue weighted by molar-refractivity contribution is 5.57. The summed E-state index contributed by atoms with van der Waals surface area (Å²) in [4.78, 5) is 2.48. The molecule has 1 fully saturated rings. The SMILES string of the molecule is CC(C)c1ccccc1N1CCC(CO)C1(C)C. The van der Waals surface area contributed by atoms with Gasteiger partial charge in [0.2, 0.25) is 0 Å². The van der Waals surface area contributed by atoms with E-state index in [0.29, 0.717) is 11.8 Å². The second-order valence-corrected chi connectivity index (χ2v) is 6.19. The van der Waals surface area contributed by atoms with E-state index in [4.69, 9.17) is 0 Å². The van der Waals surface area contributed by atoms with E-state index in [-0.39, 0.29) is 12.1 Å². The van der Waals surface area contributed by atoms with Crippen molar-refractivity contribution in [1.82, 2.24) is 0 Å². The van der Waals surface area contributed by atoms with Crippen LogP contribution in [-0.2, 0) is 0 Å². The molecule has 1 aromatic carbocycles. The van der Waals surface area contributed by atoms with E-state index < -0.39 is 0 Å². The normalized spacial score (nSPS) is 22.8. The number of aliphatic hydroxyl groups is 1. The fourth-order valence-corrected chi connectivity index (χ4v) is 3.11. The highest BCUT2D eigenvalue weighted by atomic mass is 16.3. The number of rotatable bonds is 3. The van der Waals surface area contributed by atoms with Crippen molar-refractivity contribution in [1.29, 1.82) is 0 Å². The molecule has 0 spiro atoms. The van der Waals surface area contributed by atoms with Crippen molar-refractivity contribution in [3.05, 3.63) is 29.8 Å². The molecule has 1 heterocycles. The van der Waals surface area contributed by atoms with Crippen molar-refractivity contribution in [3.63, 3.8) is 0 Å². The fourth-order valence-electron chi connectivity index (χ4n) is 3.11. The van der Waals surface area contributed by atoms with E-state index in [9.17, 15) is 5.11 Å². The molecule has 1 unspecified atom stereocenters. The first-order valence-corrected chi connectivity index (χ1v) is 6.96. The minimum atomic E-state index is 0.0414. The second kappa shape index (κ2) is 4.93. The molecule has 0 aliphatic carbocycles. The van der Waals surface area contributed by atoms with Crippen molar-refractivity contribution < 1.29 is 5.11 Å². The lowest BCUT2D eigenvalue weighted by Gasteiger charge is -2.38. The predicted molar refractivity (Wildman–Crippen MR) is 77.1 cm³/mol. The van der Waals surface area contributed by atoms with Crippen LogP contribution in [0, 0.1) is 5.92 Å². The molecule has 100 valence electrons. The van der Waals surface area contributed by atoms with Gasteiger partial charge >= 0.3 is 0 Å². The molecule has 0 bridgehead atoms. The molecular formula is C16H25NO. The van der Waals surface area contributed by atoms with Crippen LogP contribution in [0.3, 0.4) is 0 Å². The number of hydrogen-bond donors (Lipinski definition) is 1. The standard InChI is InChI=1S/C16H25NO/c1-12(2)14-7-5-6-8-15(14)17-10-9-13(11-18)16(17,3)4/h5-8,12-13,18H,9-11H2,1-4H3. The molecule has 0 saturated carbocycles. The van der Waals surface area contributed by atoms with Crippen molar-refractivity contribution in [2.45, 2.75) is 45.6 Å². The predicted octanol–water partition coefficient (Wildman–Crippen LogP) is 3.41. The monoisotopic (exact) mass is 247 g/mol. The largest absolute Gasteiger partial charge is 0.396 e. The Balaban J connectivity index is 2.38. The van der Waals surface area contributed by atoms with Crippen LogP contribution in [-0.4, -0.2) is 23.8 Å². The van der Waals surface area contributed by atoms with E-state index >= 15 is 0 Å². The average molecular weight is 247 g/mol. The Labute approximate surface area is 111 Å². The molecule has 0 aromatic heterocycles. The zero-order chi connectivity index (χ0) is 13.3. The van der Waals surface area contributed by atoms with Crippen LogP contribution in [0.1, 0.15) is 45.6 Å². The Hall–Kier alpha value is -1.02. The first-order valence-electron chi connectivity index (χ1n) is 6.96. The van der Waals surface area contributed by atoms with Gasteiger partial charge in [0.25, 0.3) is 0 Å². The van der Waals surface area contributed by atoms with Gasteiger partial charge in [0, 0.05) is 30.3 Å². The van der Waals surface area contributed by atoms with Crippen LogP contribution in [0.5, 0.6) is 0 Å². The molecule has 1 aliphatic heterocycles. The van der Waals surface area contributed by atoms with Crippen LogP contribution in [0.4, 0.5) is 5.69 Å². The molecule has 2 rings (SSSR count). The third-order valence-corrected chi connectivity index (χ3v) is 4.47. The van der Waals surface area contributed by atoms with Gasteiger partial charge in [-0.25, -0.2) is 0 Å². The maximum Gasteiger partial charge on any atom is 0.0482 e. The number of hydrogen-bond acceptors (Lipinski definition) is 2. The van der Waals surface area contributed by atoms with Crippen LogP contribution in [0.15, 0.2) is 24.3 Å². The molecule has 1 saturated heterocycles. The summed E-state index contributed by atoms with van der Waals surface area (Å²) in [5.41, 5.74) is 2.79. The lowest BCUT2D eigenvalue weighted by molar-refractivity contribution is 0.189. The van der Waals surface area contributed by atoms with Gasteiger partial charge in [-0.05, 0) is 37.8 Å². The van der Waals surface area contributed by atoms with E-state index in [2.05, 4.69) is 56.9 Å². The third kappa shape index (κ3) is 2.14. The number of para-hydroxylation sites is 1. The molecular weight excluding hydrogens is 222 g/mol. The Morgan fingerprint density at radius 3 is 2.56 bits per heavy atom. The Kier molecular flexibility index (Phi) is 3.67. The minimum absolute atomic E-state index is 0.0414. The molecule has 1 N–H and O–H groups in total. The van der Waals surface area contributed by atoms with Crippen molar-refractivity contribution >= 4 is 5.69 Å². The molecule has 0 radical (unpaired) electrons. The number of aliphatic hydroxyl groups excluding tert-OH is 1. The second-order valence-electron chi connectivity index (χ2n) is 6.19. The maximum atomic E-state index is 9.52. The van der Waals surface area contributed by atoms with Gasteiger partial charge in [0.1, 0.15) is 0 Å². The van der Waals surface area contributed by atoms with E-state index in [1.807, 2.05) is 0 Å². The molecule has 1 aliphatic rings. The lowest BCUT2D eigenvalue weighted by Crippen LogP contribution is -2.44. The molecule has 2 heteroatoms. The summed E-state index contributed by atoms with van der Waals surface area (Å²) in [7, 11) is 0. The summed E-state index contributed by atoms with van der Waals surface area (Å²) in [5.74, 6) is 0.905. The first-order chi connectivity index (χ1) is 8.48. The van der Waals surface area contributed by atoms with Gasteiger partial charge in [-0.3, -0.25) is 0 Å². The zero-order valence-electron chi connectivity index (χ0n) is 12.0. The van der Waals surface area contributed by atoms with Gasteiger partial charge in [-0.2, -0.15) is 0 Å². The van der Waals surface area contributed by atoms with Gasteiger partial charge < -0.3 is 10.0 Å². The molecule has 2 nitrogen and oxygen atoms in total. The summed E-state index contributed by atoms with van der Waals surface area (Å²) >= 11 is 0. The highest BCUT2D eigenvalue weighted by Crippen LogP contribution is 2.40. The van der Waals surface area contributed by atoms with Crippen LogP contribution >= 0.6 is 0 Å². The zero-order valence-corrected chi connectivity index (χ0v) is 12.0. The molecule has 0 amide bonds. The highest BCUT2D eigenvalue weighted by Gasteiger charge is 2.41. The van der Waals surface area contributed by atoms with Gasteiger partial charge in [-0.1, -0.05) is 32.0 Å². The third-order valence-electron chi connectivity index (χ3n) is 4.47. The number of nitrogens with zero attached hydrogens (tertiary/aromatic N) is 1. The van der Waals surface area contributed by atoms with Gasteiger partial charge in [0.15, 0.2) is 0 Å². The fraction of sp³-hybridized carbons (Fsp3) is 0.625. The van der Waals surface area contributed by atoms with E-state index in [0.717, 1.165) is 13.0 Å². The lowest BCUT2D eigenvalue weighted by atomic mass is 9.88. The Bertz CT molecular complexity index is 411. The van der Waals surface area contributed by atoms with Gasteiger partial charge in [0.05, 0.1) is 0 Å². The van der Waals surface area contributed by atoms with Crippen molar-refractivity contribution in [3.8, 4) is 0 Å². The summed E-state index contributed by atoms with van der Waals surface area (Å²) in [5, 5.41) is 9.52. The average Bonchev–Trinajstić information content (AvgIpc) is 2.63. The van der Waals surface area contributed by atoms with Crippen molar-refractivity contribution in [2.75, 3.05) is 18.1 Å². The topological polar surface area (TPSA) is 23.5 Å². The van der Waals surface area contributed by atoms with Crippen LogP contribution in [0.25, 0.3) is 0 Å². The molecule has 1 aromatic rings. The first kappa shape index (κ1) is 13.4. The molecule has 1 atom stereocenters. The summed E-state index contributed by atoms with van der Waals surface area (Å²) in [6, 6.07) is 8.67. The van der Waals surface area contributed by atoms with Crippen LogP contribution in [0.2, 0.25) is 0 Å². The van der Waals surface area contributed by atoms with E-state index in [1.165, 1.54) is 11.3 Å². The van der Waals surface area contributed by atoms with E-state index in [1.54, 1.807) is 0 Å². The Morgan fingerprint density at radius 1 is 1.33 bits per heavy atom. The number of anilines is 1. The smallest absolute Gasteiger partial charge is 0.0482 e. The van der Waals surface area contributed by atoms with Gasteiger partial charge in [-0.15, -0.1) is 0 Å².